The van der Waals surface area contributed by atoms with Crippen molar-refractivity contribution in [2.75, 3.05) is 0 Å². The molecule has 1 heteroatoms. The summed E-state index contributed by atoms with van der Waals surface area (Å²) in [5.74, 6) is 0.374. The highest BCUT2D eigenvalue weighted by atomic mass is 16.1. The van der Waals surface area contributed by atoms with E-state index in [0.717, 1.165) is 11.1 Å². The number of rotatable bonds is 4. The normalized spacial score (nSPS) is 11.8. The predicted octanol–water partition coefficient (Wildman–Crippen LogP) is 4.21. The lowest BCUT2D eigenvalue weighted by molar-refractivity contribution is 0.103. The molecule has 0 aliphatic carbocycles. The first-order chi connectivity index (χ1) is 8.72. The lowest BCUT2D eigenvalue weighted by Gasteiger charge is -2.07. The topological polar surface area (TPSA) is 17.1 Å². The second-order valence-electron chi connectivity index (χ2n) is 4.34. The Bertz CT molecular complexity index is 538. The van der Waals surface area contributed by atoms with Gasteiger partial charge in [-0.1, -0.05) is 67.6 Å². The zero-order chi connectivity index (χ0) is 13.0. The number of carbonyl (C=O) groups excluding carboxylic acids is 1. The number of hydrogen-bond donors (Lipinski definition) is 0. The molecule has 0 saturated heterocycles. The van der Waals surface area contributed by atoms with Crippen LogP contribution in [0.25, 0.3) is 0 Å². The molecule has 2 aromatic carbocycles. The van der Waals surface area contributed by atoms with Gasteiger partial charge in [0.05, 0.1) is 0 Å². The summed E-state index contributed by atoms with van der Waals surface area (Å²) in [6.45, 7) is 5.86. The minimum Gasteiger partial charge on any atom is -0.289 e. The standard InChI is InChI=1S/C17H16O/c1-3-13(2)14-9-11-16(12-10-14)17(18)15-7-5-4-6-8-15/h3-13H,1H2,2H3. The summed E-state index contributed by atoms with van der Waals surface area (Å²) in [4.78, 5) is 12.2. The fraction of sp³-hybridized carbons (Fsp3) is 0.118. The molecule has 0 N–H and O–H groups in total. The van der Waals surface area contributed by atoms with E-state index in [1.165, 1.54) is 5.56 Å². The van der Waals surface area contributed by atoms with Crippen LogP contribution in [0.5, 0.6) is 0 Å². The van der Waals surface area contributed by atoms with Crippen LogP contribution < -0.4 is 0 Å². The summed E-state index contributed by atoms with van der Waals surface area (Å²) < 4.78 is 0. The molecule has 90 valence electrons. The average Bonchev–Trinajstić information content (AvgIpc) is 2.47. The van der Waals surface area contributed by atoms with E-state index in [2.05, 4.69) is 13.5 Å². The molecule has 0 aliphatic heterocycles. The van der Waals surface area contributed by atoms with Gasteiger partial charge in [-0.05, 0) is 11.5 Å². The van der Waals surface area contributed by atoms with E-state index in [1.807, 2.05) is 60.7 Å². The van der Waals surface area contributed by atoms with Crippen LogP contribution in [0.4, 0.5) is 0 Å². The maximum absolute atomic E-state index is 12.2. The number of carbonyl (C=O) groups is 1. The van der Waals surface area contributed by atoms with Gasteiger partial charge in [-0.15, -0.1) is 6.58 Å². The van der Waals surface area contributed by atoms with Crippen molar-refractivity contribution in [3.05, 3.63) is 83.9 Å². The molecule has 0 bridgehead atoms. The summed E-state index contributed by atoms with van der Waals surface area (Å²) in [5, 5.41) is 0. The molecule has 0 aliphatic rings. The molecule has 0 amide bonds. The fourth-order valence-corrected chi connectivity index (χ4v) is 1.83. The second kappa shape index (κ2) is 5.46. The van der Waals surface area contributed by atoms with Crippen molar-refractivity contribution in [3.63, 3.8) is 0 Å². The van der Waals surface area contributed by atoms with Gasteiger partial charge < -0.3 is 0 Å². The maximum atomic E-state index is 12.2. The van der Waals surface area contributed by atoms with E-state index in [1.54, 1.807) is 0 Å². The molecule has 1 atom stereocenters. The summed E-state index contributed by atoms with van der Waals surface area (Å²) in [5.41, 5.74) is 2.62. The summed E-state index contributed by atoms with van der Waals surface area (Å²) in [6, 6.07) is 17.1. The van der Waals surface area contributed by atoms with Crippen molar-refractivity contribution in [2.45, 2.75) is 12.8 Å². The van der Waals surface area contributed by atoms with Gasteiger partial charge in [-0.25, -0.2) is 0 Å². The molecule has 1 nitrogen and oxygen atoms in total. The van der Waals surface area contributed by atoms with Gasteiger partial charge in [-0.2, -0.15) is 0 Å². The van der Waals surface area contributed by atoms with Crippen LogP contribution in [0, 0.1) is 0 Å². The van der Waals surface area contributed by atoms with E-state index in [4.69, 9.17) is 0 Å². The van der Waals surface area contributed by atoms with Crippen LogP contribution in [0.2, 0.25) is 0 Å². The predicted molar refractivity (Wildman–Crippen MR) is 74.9 cm³/mol. The van der Waals surface area contributed by atoms with Crippen molar-refractivity contribution in [1.82, 2.24) is 0 Å². The third-order valence-corrected chi connectivity index (χ3v) is 3.09. The van der Waals surface area contributed by atoms with Crippen molar-refractivity contribution < 1.29 is 4.79 Å². The molecule has 1 unspecified atom stereocenters. The minimum atomic E-state index is 0.0633. The SMILES string of the molecule is C=CC(C)c1ccc(C(=O)c2ccccc2)cc1. The molecule has 18 heavy (non-hydrogen) atoms. The van der Waals surface area contributed by atoms with Crippen molar-refractivity contribution in [1.29, 1.82) is 0 Å². The Morgan fingerprint density at radius 1 is 1.00 bits per heavy atom. The quantitative estimate of drug-likeness (QED) is 0.574. The molecule has 0 heterocycles. The van der Waals surface area contributed by atoms with E-state index >= 15 is 0 Å². The molecular formula is C17H16O. The lowest BCUT2D eigenvalue weighted by Crippen LogP contribution is -2.01. The van der Waals surface area contributed by atoms with E-state index in [9.17, 15) is 4.79 Å². The zero-order valence-corrected chi connectivity index (χ0v) is 10.5. The monoisotopic (exact) mass is 236 g/mol. The first-order valence-electron chi connectivity index (χ1n) is 6.04. The largest absolute Gasteiger partial charge is 0.289 e. The molecule has 0 spiro atoms. The molecule has 0 radical (unpaired) electrons. The fourth-order valence-electron chi connectivity index (χ4n) is 1.83. The Labute approximate surface area is 108 Å². The molecule has 0 fully saturated rings. The molecular weight excluding hydrogens is 220 g/mol. The lowest BCUT2D eigenvalue weighted by atomic mass is 9.97. The number of allylic oxidation sites excluding steroid dienone is 1. The van der Waals surface area contributed by atoms with Crippen LogP contribution in [-0.4, -0.2) is 5.78 Å². The summed E-state index contributed by atoms with van der Waals surface area (Å²) in [6.07, 6.45) is 1.90. The number of benzene rings is 2. The van der Waals surface area contributed by atoms with Crippen LogP contribution in [0.3, 0.4) is 0 Å². The maximum Gasteiger partial charge on any atom is 0.193 e. The highest BCUT2D eigenvalue weighted by molar-refractivity contribution is 6.08. The Balaban J connectivity index is 2.25. The molecule has 2 rings (SSSR count). The highest BCUT2D eigenvalue weighted by Gasteiger charge is 2.08. The smallest absolute Gasteiger partial charge is 0.193 e. The third-order valence-electron chi connectivity index (χ3n) is 3.09. The van der Waals surface area contributed by atoms with Crippen LogP contribution in [-0.2, 0) is 0 Å². The van der Waals surface area contributed by atoms with Gasteiger partial charge >= 0.3 is 0 Å². The average molecular weight is 236 g/mol. The van der Waals surface area contributed by atoms with E-state index in [-0.39, 0.29) is 5.78 Å². The van der Waals surface area contributed by atoms with Crippen LogP contribution in [0.15, 0.2) is 67.3 Å². The first-order valence-corrected chi connectivity index (χ1v) is 6.04. The van der Waals surface area contributed by atoms with Gasteiger partial charge in [0.1, 0.15) is 0 Å². The van der Waals surface area contributed by atoms with Gasteiger partial charge in [0.15, 0.2) is 5.78 Å². The number of ketones is 1. The first kappa shape index (κ1) is 12.3. The molecule has 0 saturated carbocycles. The third kappa shape index (κ3) is 2.57. The van der Waals surface area contributed by atoms with Gasteiger partial charge in [0, 0.05) is 11.1 Å². The Kier molecular flexibility index (Phi) is 3.73. The van der Waals surface area contributed by atoms with Gasteiger partial charge in [-0.3, -0.25) is 4.79 Å². The van der Waals surface area contributed by atoms with E-state index in [0.29, 0.717) is 5.92 Å². The highest BCUT2D eigenvalue weighted by Crippen LogP contribution is 2.18. The van der Waals surface area contributed by atoms with Gasteiger partial charge in [0.2, 0.25) is 0 Å². The molecule has 2 aromatic rings. The number of hydrogen-bond acceptors (Lipinski definition) is 1. The Morgan fingerprint density at radius 2 is 1.56 bits per heavy atom. The molecule has 0 aromatic heterocycles. The van der Waals surface area contributed by atoms with Crippen molar-refractivity contribution >= 4 is 5.78 Å². The Morgan fingerprint density at radius 3 is 2.11 bits per heavy atom. The summed E-state index contributed by atoms with van der Waals surface area (Å²) >= 11 is 0. The second-order valence-corrected chi connectivity index (χ2v) is 4.34. The summed E-state index contributed by atoms with van der Waals surface area (Å²) in [7, 11) is 0. The van der Waals surface area contributed by atoms with E-state index < -0.39 is 0 Å². The van der Waals surface area contributed by atoms with Crippen molar-refractivity contribution in [2.24, 2.45) is 0 Å². The van der Waals surface area contributed by atoms with Crippen molar-refractivity contribution in [3.8, 4) is 0 Å². The van der Waals surface area contributed by atoms with Crippen LogP contribution in [0.1, 0.15) is 34.3 Å². The van der Waals surface area contributed by atoms with Crippen LogP contribution >= 0.6 is 0 Å². The van der Waals surface area contributed by atoms with Gasteiger partial charge in [0.25, 0.3) is 0 Å². The zero-order valence-electron chi connectivity index (χ0n) is 10.5. The Hall–Kier alpha value is -2.15. The minimum absolute atomic E-state index is 0.0633.